The lowest BCUT2D eigenvalue weighted by Crippen LogP contribution is -2.32. The fourth-order valence-corrected chi connectivity index (χ4v) is 2.62. The van der Waals surface area contributed by atoms with Crippen molar-refractivity contribution in [3.8, 4) is 0 Å². The van der Waals surface area contributed by atoms with Crippen LogP contribution in [0.5, 0.6) is 0 Å². The molecule has 0 aliphatic heterocycles. The van der Waals surface area contributed by atoms with Gasteiger partial charge in [-0.3, -0.25) is 9.69 Å². The Bertz CT molecular complexity index is 557. The number of amides is 1. The zero-order valence-electron chi connectivity index (χ0n) is 11.3. The molecule has 1 heterocycles. The smallest absolute Gasteiger partial charge is 0.238 e. The first-order valence-corrected chi connectivity index (χ1v) is 7.35. The van der Waals surface area contributed by atoms with Crippen LogP contribution >= 0.6 is 11.3 Å². The Hall–Kier alpha value is -1.72. The van der Waals surface area contributed by atoms with E-state index in [-0.39, 0.29) is 11.7 Å². The molecule has 0 aliphatic carbocycles. The van der Waals surface area contributed by atoms with Crippen molar-refractivity contribution in [2.24, 2.45) is 0 Å². The quantitative estimate of drug-likeness (QED) is 0.885. The maximum absolute atomic E-state index is 13.0. The number of anilines is 1. The number of nitrogens with zero attached hydrogens (tertiary/aromatic N) is 1. The van der Waals surface area contributed by atoms with E-state index in [1.807, 2.05) is 23.3 Å². The summed E-state index contributed by atoms with van der Waals surface area (Å²) in [6.07, 6.45) is 0. The van der Waals surface area contributed by atoms with Gasteiger partial charge in [-0.2, -0.15) is 0 Å². The Labute approximate surface area is 122 Å². The predicted molar refractivity (Wildman–Crippen MR) is 80.3 cm³/mol. The average Bonchev–Trinajstić information content (AvgIpc) is 2.90. The molecule has 106 valence electrons. The first kappa shape index (κ1) is 14.7. The number of carbonyl (C=O) groups excluding carboxylic acids is 1. The van der Waals surface area contributed by atoms with Crippen molar-refractivity contribution in [2.45, 2.75) is 13.5 Å². The minimum absolute atomic E-state index is 0.131. The van der Waals surface area contributed by atoms with E-state index in [0.717, 1.165) is 13.1 Å². The zero-order chi connectivity index (χ0) is 14.4. The summed E-state index contributed by atoms with van der Waals surface area (Å²) in [6, 6.07) is 9.97. The molecule has 1 aromatic carbocycles. The van der Waals surface area contributed by atoms with Gasteiger partial charge in [0, 0.05) is 17.1 Å². The predicted octanol–water partition coefficient (Wildman–Crippen LogP) is 3.35. The van der Waals surface area contributed by atoms with Gasteiger partial charge in [-0.1, -0.05) is 19.1 Å². The van der Waals surface area contributed by atoms with E-state index >= 15 is 0 Å². The lowest BCUT2D eigenvalue weighted by atomic mass is 10.3. The summed E-state index contributed by atoms with van der Waals surface area (Å²) < 4.78 is 13.0. The molecule has 0 aliphatic rings. The monoisotopic (exact) mass is 292 g/mol. The highest BCUT2D eigenvalue weighted by Gasteiger charge is 2.10. The lowest BCUT2D eigenvalue weighted by molar-refractivity contribution is -0.117. The maximum Gasteiger partial charge on any atom is 0.238 e. The molecule has 5 heteroatoms. The molecule has 0 radical (unpaired) electrons. The zero-order valence-corrected chi connectivity index (χ0v) is 12.1. The molecular weight excluding hydrogens is 275 g/mol. The van der Waals surface area contributed by atoms with Crippen molar-refractivity contribution in [1.82, 2.24) is 4.90 Å². The fourth-order valence-electron chi connectivity index (χ4n) is 1.87. The number of likely N-dealkylation sites (N-methyl/N-ethyl adjacent to an activating group) is 1. The largest absolute Gasteiger partial charge is 0.325 e. The Kier molecular flexibility index (Phi) is 5.26. The highest BCUT2D eigenvalue weighted by Crippen LogP contribution is 2.12. The van der Waals surface area contributed by atoms with E-state index in [1.54, 1.807) is 23.5 Å². The fraction of sp³-hybridized carbons (Fsp3) is 0.267. The topological polar surface area (TPSA) is 32.3 Å². The maximum atomic E-state index is 13.0. The second-order valence-corrected chi connectivity index (χ2v) is 5.47. The number of carbonyl (C=O) groups is 1. The number of halogens is 1. The van der Waals surface area contributed by atoms with Gasteiger partial charge < -0.3 is 5.32 Å². The van der Waals surface area contributed by atoms with Crippen LogP contribution < -0.4 is 5.32 Å². The summed E-state index contributed by atoms with van der Waals surface area (Å²) in [5.41, 5.74) is 0.488. The van der Waals surface area contributed by atoms with Crippen molar-refractivity contribution in [3.05, 3.63) is 52.5 Å². The molecular formula is C15H17FN2OS. The molecule has 0 unspecified atom stereocenters. The Morgan fingerprint density at radius 3 is 2.85 bits per heavy atom. The molecule has 0 spiro atoms. The van der Waals surface area contributed by atoms with E-state index < -0.39 is 0 Å². The summed E-state index contributed by atoms with van der Waals surface area (Å²) in [7, 11) is 0. The molecule has 0 saturated carbocycles. The SMILES string of the molecule is CCN(CC(=O)Nc1cccc(F)c1)Cc1cccs1. The van der Waals surface area contributed by atoms with E-state index in [1.165, 1.54) is 17.0 Å². The molecule has 0 bridgehead atoms. The lowest BCUT2D eigenvalue weighted by Gasteiger charge is -2.19. The van der Waals surface area contributed by atoms with Crippen molar-refractivity contribution < 1.29 is 9.18 Å². The van der Waals surface area contributed by atoms with E-state index in [2.05, 4.69) is 11.4 Å². The Morgan fingerprint density at radius 1 is 1.35 bits per heavy atom. The molecule has 2 rings (SSSR count). The highest BCUT2D eigenvalue weighted by molar-refractivity contribution is 7.09. The first-order valence-electron chi connectivity index (χ1n) is 6.47. The number of benzene rings is 1. The molecule has 0 atom stereocenters. The Morgan fingerprint density at radius 2 is 2.20 bits per heavy atom. The van der Waals surface area contributed by atoms with E-state index in [9.17, 15) is 9.18 Å². The minimum atomic E-state index is -0.353. The normalized spacial score (nSPS) is 10.8. The molecule has 20 heavy (non-hydrogen) atoms. The molecule has 1 amide bonds. The molecule has 2 aromatic rings. The molecule has 1 aromatic heterocycles. The van der Waals surface area contributed by atoms with Crippen LogP contribution in [0.15, 0.2) is 41.8 Å². The number of hydrogen-bond donors (Lipinski definition) is 1. The van der Waals surface area contributed by atoms with Crippen LogP contribution in [0, 0.1) is 5.82 Å². The third-order valence-electron chi connectivity index (χ3n) is 2.88. The van der Waals surface area contributed by atoms with Crippen molar-refractivity contribution in [3.63, 3.8) is 0 Å². The van der Waals surface area contributed by atoms with Crippen LogP contribution in [0.1, 0.15) is 11.8 Å². The van der Waals surface area contributed by atoms with Gasteiger partial charge in [-0.15, -0.1) is 11.3 Å². The van der Waals surface area contributed by atoms with Gasteiger partial charge >= 0.3 is 0 Å². The minimum Gasteiger partial charge on any atom is -0.325 e. The van der Waals surface area contributed by atoms with Gasteiger partial charge in [0.15, 0.2) is 0 Å². The number of nitrogens with one attached hydrogen (secondary N) is 1. The third kappa shape index (κ3) is 4.43. The molecule has 1 N–H and O–H groups in total. The van der Waals surface area contributed by atoms with E-state index in [4.69, 9.17) is 0 Å². The van der Waals surface area contributed by atoms with Crippen molar-refractivity contribution >= 4 is 22.9 Å². The Balaban J connectivity index is 1.89. The van der Waals surface area contributed by atoms with Crippen molar-refractivity contribution in [2.75, 3.05) is 18.4 Å². The summed E-state index contributed by atoms with van der Waals surface area (Å²) >= 11 is 1.68. The number of rotatable bonds is 6. The van der Waals surface area contributed by atoms with Crippen LogP contribution in [0.3, 0.4) is 0 Å². The number of thiophene rings is 1. The molecule has 0 fully saturated rings. The number of hydrogen-bond acceptors (Lipinski definition) is 3. The van der Waals surface area contributed by atoms with Gasteiger partial charge in [0.1, 0.15) is 5.82 Å². The van der Waals surface area contributed by atoms with Gasteiger partial charge in [-0.05, 0) is 36.2 Å². The molecule has 0 saturated heterocycles. The third-order valence-corrected chi connectivity index (χ3v) is 3.74. The molecule has 3 nitrogen and oxygen atoms in total. The second kappa shape index (κ2) is 7.17. The van der Waals surface area contributed by atoms with Gasteiger partial charge in [0.25, 0.3) is 0 Å². The summed E-state index contributed by atoms with van der Waals surface area (Å²) in [5.74, 6) is -0.484. The van der Waals surface area contributed by atoms with Gasteiger partial charge in [0.2, 0.25) is 5.91 Å². The van der Waals surface area contributed by atoms with Gasteiger partial charge in [0.05, 0.1) is 6.54 Å². The summed E-state index contributed by atoms with van der Waals surface area (Å²) in [6.45, 7) is 3.85. The van der Waals surface area contributed by atoms with Crippen LogP contribution in [0.2, 0.25) is 0 Å². The van der Waals surface area contributed by atoms with Crippen LogP contribution in [-0.2, 0) is 11.3 Å². The highest BCUT2D eigenvalue weighted by atomic mass is 32.1. The van der Waals surface area contributed by atoms with Gasteiger partial charge in [-0.25, -0.2) is 4.39 Å². The average molecular weight is 292 g/mol. The van der Waals surface area contributed by atoms with Crippen LogP contribution in [-0.4, -0.2) is 23.9 Å². The second-order valence-electron chi connectivity index (χ2n) is 4.44. The van der Waals surface area contributed by atoms with Crippen LogP contribution in [0.25, 0.3) is 0 Å². The van der Waals surface area contributed by atoms with Crippen molar-refractivity contribution in [1.29, 1.82) is 0 Å². The summed E-state index contributed by atoms with van der Waals surface area (Å²) in [5, 5.41) is 4.73. The first-order chi connectivity index (χ1) is 9.67. The standard InChI is InChI=1S/C15H17FN2OS/c1-2-18(10-14-7-4-8-20-14)11-15(19)17-13-6-3-5-12(16)9-13/h3-9H,2,10-11H2,1H3,(H,17,19). The summed E-state index contributed by atoms with van der Waals surface area (Å²) in [4.78, 5) is 15.2. The van der Waals surface area contributed by atoms with E-state index in [0.29, 0.717) is 12.2 Å². The van der Waals surface area contributed by atoms with Crippen LogP contribution in [0.4, 0.5) is 10.1 Å².